The molecule has 107 valence electrons. The molecule has 1 radical (unpaired) electrons. The van der Waals surface area contributed by atoms with E-state index >= 15 is 0 Å². The van der Waals surface area contributed by atoms with Crippen LogP contribution in [0.5, 0.6) is 0 Å². The average Bonchev–Trinajstić information content (AvgIpc) is 2.48. The second kappa shape index (κ2) is 6.84. The van der Waals surface area contributed by atoms with Gasteiger partial charge in [0.1, 0.15) is 0 Å². The Kier molecular flexibility index (Phi) is 5.34. The number of hydrogen-bond donors (Lipinski definition) is 1. The van der Waals surface area contributed by atoms with Crippen LogP contribution in [0, 0.1) is 5.92 Å². The van der Waals surface area contributed by atoms with Gasteiger partial charge in [-0.3, -0.25) is 9.59 Å². The molecule has 0 atom stereocenters. The van der Waals surface area contributed by atoms with E-state index in [0.29, 0.717) is 10.9 Å². The first-order chi connectivity index (χ1) is 9.66. The molecule has 1 amide bonds. The van der Waals surface area contributed by atoms with Gasteiger partial charge < -0.3 is 15.8 Å². The normalized spacial score (nSPS) is 15.8. The molecule has 1 aromatic carbocycles. The smallest absolute Gasteiger partial charge is 0.255 e. The molecule has 1 aliphatic rings. The number of amides is 1. The van der Waals surface area contributed by atoms with Gasteiger partial charge in [0, 0.05) is 49.7 Å². The van der Waals surface area contributed by atoms with Gasteiger partial charge in [-0.05, 0) is 19.2 Å². The number of aromatic nitrogens is 1. The molecule has 1 N–H and O–H groups in total. The maximum absolute atomic E-state index is 12.6. The number of rotatable bonds is 1. The predicted molar refractivity (Wildman–Crippen MR) is 78.6 cm³/mol. The summed E-state index contributed by atoms with van der Waals surface area (Å²) < 4.78 is 0. The van der Waals surface area contributed by atoms with Crippen LogP contribution in [-0.2, 0) is 32.7 Å². The van der Waals surface area contributed by atoms with E-state index in [1.807, 2.05) is 23.1 Å². The molecule has 21 heavy (non-hydrogen) atoms. The number of fused-ring (bicyclic) bond motifs is 1. The van der Waals surface area contributed by atoms with E-state index in [9.17, 15) is 9.59 Å². The Labute approximate surface area is 148 Å². The molecule has 2 aromatic rings. The summed E-state index contributed by atoms with van der Waals surface area (Å²) in [6.45, 7) is 3.66. The first-order valence-electron chi connectivity index (χ1n) is 6.88. The van der Waals surface area contributed by atoms with Crippen LogP contribution in [0.2, 0.25) is 0 Å². The summed E-state index contributed by atoms with van der Waals surface area (Å²) in [4.78, 5) is 28.9. The predicted octanol–water partition coefficient (Wildman–Crippen LogP) is 2.36. The van der Waals surface area contributed by atoms with Crippen molar-refractivity contribution in [2.45, 2.75) is 19.8 Å². The summed E-state index contributed by atoms with van der Waals surface area (Å²) >= 11 is 0. The van der Waals surface area contributed by atoms with Crippen LogP contribution in [0.3, 0.4) is 0 Å². The van der Waals surface area contributed by atoms with Crippen molar-refractivity contribution >= 4 is 16.7 Å². The van der Waals surface area contributed by atoms with Gasteiger partial charge >= 0.3 is 0 Å². The summed E-state index contributed by atoms with van der Waals surface area (Å²) in [5, 5.41) is 1.30. The number of nitrogens with zero attached hydrogens (tertiary/aromatic N) is 1. The Morgan fingerprint density at radius 2 is 1.81 bits per heavy atom. The summed E-state index contributed by atoms with van der Waals surface area (Å²) in [6.07, 6.45) is 3.47. The third kappa shape index (κ3) is 3.27. The number of hydrogen-bond acceptors (Lipinski definition) is 2. The van der Waals surface area contributed by atoms with E-state index < -0.39 is 0 Å². The minimum absolute atomic E-state index is 0. The van der Waals surface area contributed by atoms with E-state index in [-0.39, 0.29) is 44.2 Å². The molecule has 0 unspecified atom stereocenters. The molecular formula is C16H17N2O2Y-. The molecule has 2 heterocycles. The topological polar surface area (TPSA) is 53.2 Å². The second-order valence-electron chi connectivity index (χ2n) is 5.33. The number of carbonyl (C=O) groups excluding carboxylic acids is 1. The Hall–Kier alpha value is -0.996. The zero-order chi connectivity index (χ0) is 14.1. The molecule has 0 saturated carbocycles. The van der Waals surface area contributed by atoms with Crippen LogP contribution in [0.15, 0.2) is 35.3 Å². The fourth-order valence-electron chi connectivity index (χ4n) is 2.65. The van der Waals surface area contributed by atoms with E-state index in [2.05, 4.69) is 11.9 Å². The number of H-pyrrole nitrogens is 1. The van der Waals surface area contributed by atoms with Crippen LogP contribution in [0.1, 0.15) is 30.1 Å². The Morgan fingerprint density at radius 1 is 1.19 bits per heavy atom. The van der Waals surface area contributed by atoms with Gasteiger partial charge in [0.05, 0.1) is 5.56 Å². The minimum Gasteiger partial charge on any atom is -0.344 e. The van der Waals surface area contributed by atoms with Gasteiger partial charge in [-0.15, -0.1) is 0 Å². The largest absolute Gasteiger partial charge is 0.344 e. The number of piperidine rings is 1. The van der Waals surface area contributed by atoms with Crippen molar-refractivity contribution in [3.8, 4) is 0 Å². The van der Waals surface area contributed by atoms with Crippen LogP contribution in [-0.4, -0.2) is 28.9 Å². The third-order valence-corrected chi connectivity index (χ3v) is 3.94. The maximum atomic E-state index is 12.6. The molecule has 0 aliphatic carbocycles. The van der Waals surface area contributed by atoms with Gasteiger partial charge in [-0.2, -0.15) is 19.8 Å². The van der Waals surface area contributed by atoms with Crippen molar-refractivity contribution in [2.75, 3.05) is 13.1 Å². The van der Waals surface area contributed by atoms with Gasteiger partial charge in [0.2, 0.25) is 0 Å². The van der Waals surface area contributed by atoms with Crippen molar-refractivity contribution in [1.29, 1.82) is 0 Å². The van der Waals surface area contributed by atoms with Gasteiger partial charge in [0.25, 0.3) is 11.5 Å². The fourth-order valence-corrected chi connectivity index (χ4v) is 2.65. The fraction of sp³-hybridized carbons (Fsp3) is 0.312. The summed E-state index contributed by atoms with van der Waals surface area (Å²) in [6, 6.07) is 7.25. The summed E-state index contributed by atoms with van der Waals surface area (Å²) in [7, 11) is 0. The SMILES string of the molecule is C[C-]1CCN(C(=O)c2c[nH]c(=O)c3ccccc23)CC1.[Y]. The van der Waals surface area contributed by atoms with Crippen molar-refractivity contribution in [2.24, 2.45) is 0 Å². The Bertz CT molecular complexity index is 703. The molecule has 0 bridgehead atoms. The van der Waals surface area contributed by atoms with Crippen LogP contribution in [0.25, 0.3) is 10.8 Å². The number of nitrogens with one attached hydrogen (secondary N) is 1. The monoisotopic (exact) mass is 358 g/mol. The Morgan fingerprint density at radius 3 is 2.48 bits per heavy atom. The number of benzene rings is 1. The first-order valence-corrected chi connectivity index (χ1v) is 6.88. The van der Waals surface area contributed by atoms with Crippen molar-refractivity contribution < 1.29 is 37.5 Å². The first kappa shape index (κ1) is 16.4. The standard InChI is InChI=1S/C16H17N2O2.Y/c1-11-6-8-18(9-7-11)16(20)14-10-17-15(19)13-5-3-2-4-12(13)14;/h2-5,10H,6-9H2,1H3,(H,17,19);/q-1;. The summed E-state index contributed by atoms with van der Waals surface area (Å²) in [5.74, 6) is 1.45. The van der Waals surface area contributed by atoms with Gasteiger partial charge in [-0.25, -0.2) is 0 Å². The average molecular weight is 358 g/mol. The van der Waals surface area contributed by atoms with E-state index in [4.69, 9.17) is 0 Å². The molecule has 1 saturated heterocycles. The van der Waals surface area contributed by atoms with Crippen LogP contribution >= 0.6 is 0 Å². The molecule has 1 aromatic heterocycles. The van der Waals surface area contributed by atoms with Gasteiger partial charge in [0.15, 0.2) is 0 Å². The van der Waals surface area contributed by atoms with Crippen molar-refractivity contribution in [1.82, 2.24) is 9.88 Å². The van der Waals surface area contributed by atoms with E-state index in [1.54, 1.807) is 6.07 Å². The second-order valence-corrected chi connectivity index (χ2v) is 5.33. The van der Waals surface area contributed by atoms with Crippen LogP contribution < -0.4 is 5.56 Å². The quantitative estimate of drug-likeness (QED) is 0.796. The van der Waals surface area contributed by atoms with Crippen molar-refractivity contribution in [3.05, 3.63) is 52.3 Å². The number of carbonyl (C=O) groups is 1. The zero-order valence-corrected chi connectivity index (χ0v) is 14.9. The molecule has 5 heteroatoms. The van der Waals surface area contributed by atoms with Crippen LogP contribution in [0.4, 0.5) is 0 Å². The van der Waals surface area contributed by atoms with Gasteiger partial charge in [-0.1, -0.05) is 18.2 Å². The summed E-state index contributed by atoms with van der Waals surface area (Å²) in [5.41, 5.74) is 0.430. The number of likely N-dealkylation sites (tertiary alicyclic amines) is 1. The number of aromatic amines is 1. The zero-order valence-electron chi connectivity index (χ0n) is 12.1. The Balaban J connectivity index is 0.00000161. The molecular weight excluding hydrogens is 341 g/mol. The molecule has 0 spiro atoms. The maximum Gasteiger partial charge on any atom is 0.255 e. The molecule has 3 rings (SSSR count). The minimum atomic E-state index is -0.153. The van der Waals surface area contributed by atoms with Crippen molar-refractivity contribution in [3.63, 3.8) is 0 Å². The molecule has 1 aliphatic heterocycles. The molecule has 1 fully saturated rings. The van der Waals surface area contributed by atoms with E-state index in [0.717, 1.165) is 31.3 Å². The van der Waals surface area contributed by atoms with E-state index in [1.165, 1.54) is 12.1 Å². The molecule has 4 nitrogen and oxygen atoms in total. The third-order valence-electron chi connectivity index (χ3n) is 3.94. The number of pyridine rings is 1.